The number of benzene rings is 2. The second-order valence-corrected chi connectivity index (χ2v) is 10.3. The molecule has 36 heavy (non-hydrogen) atoms. The third kappa shape index (κ3) is 13.0. The van der Waals surface area contributed by atoms with Gasteiger partial charge in [-0.3, -0.25) is 0 Å². The van der Waals surface area contributed by atoms with E-state index in [2.05, 4.69) is 39.0 Å². The zero-order valence-corrected chi connectivity index (χ0v) is 23.8. The van der Waals surface area contributed by atoms with E-state index < -0.39 is 0 Å². The van der Waals surface area contributed by atoms with Crippen LogP contribution in [0.1, 0.15) is 104 Å². The number of ether oxygens (including phenoxy) is 3. The molecule has 0 bridgehead atoms. The van der Waals surface area contributed by atoms with Crippen molar-refractivity contribution in [1.82, 2.24) is 0 Å². The number of unbranched alkanes of at least 4 members (excludes halogenated alkanes) is 11. The zero-order valence-electron chi connectivity index (χ0n) is 23.0. The van der Waals surface area contributed by atoms with E-state index in [1.54, 1.807) is 0 Å². The fourth-order valence-corrected chi connectivity index (χ4v) is 4.45. The first-order valence-electron chi connectivity index (χ1n) is 14.4. The summed E-state index contributed by atoms with van der Waals surface area (Å²) in [6.45, 7) is 8.65. The van der Waals surface area contributed by atoms with Gasteiger partial charge in [-0.1, -0.05) is 114 Å². The molecular formula is C32H49ClO3. The fourth-order valence-electron chi connectivity index (χ4n) is 4.21. The molecule has 202 valence electrons. The molecule has 0 aliphatic carbocycles. The van der Waals surface area contributed by atoms with E-state index in [0.717, 1.165) is 48.7 Å². The summed E-state index contributed by atoms with van der Waals surface area (Å²) in [6, 6.07) is 14.2. The van der Waals surface area contributed by atoms with Gasteiger partial charge in [0.15, 0.2) is 0 Å². The lowest BCUT2D eigenvalue weighted by Crippen LogP contribution is -2.18. The normalized spacial score (nSPS) is 12.0. The predicted molar refractivity (Wildman–Crippen MR) is 155 cm³/mol. The van der Waals surface area contributed by atoms with Gasteiger partial charge in [-0.15, -0.1) is 0 Å². The summed E-state index contributed by atoms with van der Waals surface area (Å²) in [4.78, 5) is 0. The topological polar surface area (TPSA) is 27.7 Å². The van der Waals surface area contributed by atoms with Crippen molar-refractivity contribution in [2.45, 2.75) is 110 Å². The maximum absolute atomic E-state index is 6.52. The zero-order chi connectivity index (χ0) is 25.8. The van der Waals surface area contributed by atoms with Crippen LogP contribution in [0, 0.1) is 0 Å². The maximum atomic E-state index is 6.52. The van der Waals surface area contributed by atoms with Crippen LogP contribution in [-0.2, 0) is 4.74 Å². The van der Waals surface area contributed by atoms with Crippen molar-refractivity contribution in [3.8, 4) is 22.6 Å². The van der Waals surface area contributed by atoms with Gasteiger partial charge in [0.05, 0.1) is 17.7 Å². The first-order chi connectivity index (χ1) is 17.6. The highest BCUT2D eigenvalue weighted by Gasteiger charge is 2.07. The highest BCUT2D eigenvalue weighted by atomic mass is 35.5. The largest absolute Gasteiger partial charge is 0.492 e. The first-order valence-corrected chi connectivity index (χ1v) is 14.8. The molecule has 0 spiro atoms. The van der Waals surface area contributed by atoms with Crippen LogP contribution in [-0.4, -0.2) is 25.9 Å². The molecule has 0 saturated carbocycles. The SMILES string of the molecule is CCCCCCCCCCCOc1ccc(-c2ccc(OCC(C)OCCCCCC)cc2)cc1Cl. The predicted octanol–water partition coefficient (Wildman–Crippen LogP) is 10.3. The Morgan fingerprint density at radius 1 is 0.639 bits per heavy atom. The molecule has 0 aliphatic heterocycles. The molecule has 0 amide bonds. The Hall–Kier alpha value is -1.71. The number of hydrogen-bond acceptors (Lipinski definition) is 3. The summed E-state index contributed by atoms with van der Waals surface area (Å²) in [7, 11) is 0. The van der Waals surface area contributed by atoms with Gasteiger partial charge in [0.25, 0.3) is 0 Å². The molecule has 2 rings (SSSR count). The molecule has 0 heterocycles. The van der Waals surface area contributed by atoms with Gasteiger partial charge in [0, 0.05) is 6.61 Å². The molecule has 0 fully saturated rings. The molecule has 0 saturated heterocycles. The third-order valence-corrected chi connectivity index (χ3v) is 6.81. The lowest BCUT2D eigenvalue weighted by Gasteiger charge is -2.15. The molecule has 1 unspecified atom stereocenters. The van der Waals surface area contributed by atoms with Crippen LogP contribution in [0.4, 0.5) is 0 Å². The van der Waals surface area contributed by atoms with Gasteiger partial charge in [0.2, 0.25) is 0 Å². The summed E-state index contributed by atoms with van der Waals surface area (Å²) in [5.41, 5.74) is 2.18. The van der Waals surface area contributed by atoms with Crippen LogP contribution in [0.15, 0.2) is 42.5 Å². The van der Waals surface area contributed by atoms with Crippen LogP contribution >= 0.6 is 11.6 Å². The lowest BCUT2D eigenvalue weighted by atomic mass is 10.1. The van der Waals surface area contributed by atoms with Crippen molar-refractivity contribution in [3.63, 3.8) is 0 Å². The number of rotatable bonds is 21. The van der Waals surface area contributed by atoms with Gasteiger partial charge in [0.1, 0.15) is 18.1 Å². The van der Waals surface area contributed by atoms with Gasteiger partial charge in [-0.2, -0.15) is 0 Å². The Balaban J connectivity index is 1.67. The first kappa shape index (κ1) is 30.5. The van der Waals surface area contributed by atoms with E-state index >= 15 is 0 Å². The van der Waals surface area contributed by atoms with E-state index in [1.165, 1.54) is 70.6 Å². The summed E-state index contributed by atoms with van der Waals surface area (Å²) in [5, 5.41) is 0.661. The van der Waals surface area contributed by atoms with E-state index in [0.29, 0.717) is 11.6 Å². The van der Waals surface area contributed by atoms with Gasteiger partial charge < -0.3 is 14.2 Å². The molecule has 0 radical (unpaired) electrons. The quantitative estimate of drug-likeness (QED) is 0.154. The van der Waals surface area contributed by atoms with Crippen molar-refractivity contribution in [2.24, 2.45) is 0 Å². The minimum Gasteiger partial charge on any atom is -0.492 e. The van der Waals surface area contributed by atoms with E-state index in [-0.39, 0.29) is 6.10 Å². The number of hydrogen-bond donors (Lipinski definition) is 0. The van der Waals surface area contributed by atoms with Crippen molar-refractivity contribution in [3.05, 3.63) is 47.5 Å². The minimum absolute atomic E-state index is 0.0909. The third-order valence-electron chi connectivity index (χ3n) is 6.51. The Morgan fingerprint density at radius 2 is 1.19 bits per heavy atom. The summed E-state index contributed by atoms with van der Waals surface area (Å²) in [5.74, 6) is 1.62. The van der Waals surface area contributed by atoms with Crippen molar-refractivity contribution in [1.29, 1.82) is 0 Å². The standard InChI is InChI=1S/C32H49ClO3/c1-4-6-8-10-11-12-13-14-16-24-35-32-22-19-29(25-31(32)33)28-17-20-30(21-18-28)36-26-27(3)34-23-15-9-7-5-2/h17-22,25,27H,4-16,23-24,26H2,1-3H3. The Morgan fingerprint density at radius 3 is 1.83 bits per heavy atom. The Kier molecular flexibility index (Phi) is 16.4. The highest BCUT2D eigenvalue weighted by molar-refractivity contribution is 6.32. The van der Waals surface area contributed by atoms with Crippen LogP contribution in [0.3, 0.4) is 0 Å². The van der Waals surface area contributed by atoms with Crippen molar-refractivity contribution >= 4 is 11.6 Å². The second kappa shape index (κ2) is 19.4. The van der Waals surface area contributed by atoms with E-state index in [4.69, 9.17) is 25.8 Å². The molecule has 4 heteroatoms. The molecule has 2 aromatic rings. The smallest absolute Gasteiger partial charge is 0.137 e. The molecule has 2 aromatic carbocycles. The van der Waals surface area contributed by atoms with E-state index in [9.17, 15) is 0 Å². The lowest BCUT2D eigenvalue weighted by molar-refractivity contribution is 0.0303. The summed E-state index contributed by atoms with van der Waals surface area (Å²) < 4.78 is 17.7. The Bertz CT molecular complexity index is 806. The summed E-state index contributed by atoms with van der Waals surface area (Å²) >= 11 is 6.52. The molecule has 0 aliphatic rings. The van der Waals surface area contributed by atoms with Gasteiger partial charge in [-0.25, -0.2) is 0 Å². The fraction of sp³-hybridized carbons (Fsp3) is 0.625. The van der Waals surface area contributed by atoms with Crippen molar-refractivity contribution < 1.29 is 14.2 Å². The molecular weight excluding hydrogens is 468 g/mol. The molecule has 0 N–H and O–H groups in total. The molecule has 3 nitrogen and oxygen atoms in total. The second-order valence-electron chi connectivity index (χ2n) is 9.90. The van der Waals surface area contributed by atoms with Gasteiger partial charge in [-0.05, 0) is 55.2 Å². The molecule has 0 aromatic heterocycles. The maximum Gasteiger partial charge on any atom is 0.137 e. The monoisotopic (exact) mass is 516 g/mol. The highest BCUT2D eigenvalue weighted by Crippen LogP contribution is 2.31. The van der Waals surface area contributed by atoms with Gasteiger partial charge >= 0.3 is 0 Å². The summed E-state index contributed by atoms with van der Waals surface area (Å²) in [6.07, 6.45) is 16.8. The van der Waals surface area contributed by atoms with E-state index in [1.807, 2.05) is 24.3 Å². The average molecular weight is 517 g/mol. The number of halogens is 1. The average Bonchev–Trinajstić information content (AvgIpc) is 2.89. The van der Waals surface area contributed by atoms with Crippen LogP contribution < -0.4 is 9.47 Å². The van der Waals surface area contributed by atoms with Crippen molar-refractivity contribution in [2.75, 3.05) is 19.8 Å². The molecule has 1 atom stereocenters. The minimum atomic E-state index is 0.0909. The Labute approximate surface area is 225 Å². The van der Waals surface area contributed by atoms with Crippen LogP contribution in [0.5, 0.6) is 11.5 Å². The van der Waals surface area contributed by atoms with Crippen LogP contribution in [0.2, 0.25) is 5.02 Å². The van der Waals surface area contributed by atoms with Crippen LogP contribution in [0.25, 0.3) is 11.1 Å².